The fourth-order valence-corrected chi connectivity index (χ4v) is 1.82. The first-order valence-electron chi connectivity index (χ1n) is 6.11. The van der Waals surface area contributed by atoms with Gasteiger partial charge in [-0.2, -0.15) is 14.9 Å². The van der Waals surface area contributed by atoms with Crippen molar-refractivity contribution in [2.75, 3.05) is 0 Å². The zero-order chi connectivity index (χ0) is 13.8. The lowest BCUT2D eigenvalue weighted by molar-refractivity contribution is 0.559. The Morgan fingerprint density at radius 1 is 1.25 bits per heavy atom. The lowest BCUT2D eigenvalue weighted by Crippen LogP contribution is -2.15. The Morgan fingerprint density at radius 3 is 2.85 bits per heavy atom. The van der Waals surface area contributed by atoms with Crippen LogP contribution in [0.3, 0.4) is 0 Å². The molecule has 1 N–H and O–H groups in total. The van der Waals surface area contributed by atoms with E-state index in [1.807, 2.05) is 30.3 Å². The van der Waals surface area contributed by atoms with Gasteiger partial charge in [-0.25, -0.2) is 9.89 Å². The molecule has 0 amide bonds. The third kappa shape index (κ3) is 2.59. The molecule has 0 fully saturated rings. The molecule has 0 unspecified atom stereocenters. The predicted octanol–water partition coefficient (Wildman–Crippen LogP) is 1.64. The number of furan rings is 1. The molecule has 0 aliphatic rings. The van der Waals surface area contributed by atoms with E-state index >= 15 is 0 Å². The summed E-state index contributed by atoms with van der Waals surface area (Å²) in [6, 6.07) is 13.3. The quantitative estimate of drug-likeness (QED) is 0.731. The summed E-state index contributed by atoms with van der Waals surface area (Å²) in [7, 11) is 0. The average molecular weight is 268 g/mol. The Kier molecular flexibility index (Phi) is 3.28. The molecule has 6 nitrogen and oxygen atoms in total. The van der Waals surface area contributed by atoms with Crippen LogP contribution in [0.25, 0.3) is 0 Å². The van der Waals surface area contributed by atoms with Crippen LogP contribution in [0.4, 0.5) is 0 Å². The minimum atomic E-state index is -0.376. The Bertz CT molecular complexity index is 754. The van der Waals surface area contributed by atoms with Gasteiger partial charge in [-0.1, -0.05) is 30.3 Å². The molecule has 3 aromatic rings. The van der Waals surface area contributed by atoms with Crippen molar-refractivity contribution in [1.82, 2.24) is 14.9 Å². The van der Waals surface area contributed by atoms with Crippen molar-refractivity contribution in [3.8, 4) is 0 Å². The van der Waals surface area contributed by atoms with Gasteiger partial charge in [-0.05, 0) is 17.7 Å². The van der Waals surface area contributed by atoms with Crippen molar-refractivity contribution in [3.63, 3.8) is 0 Å². The number of aromatic amines is 1. The number of hydrogen-bond acceptors (Lipinski definition) is 4. The molecule has 0 saturated carbocycles. The van der Waals surface area contributed by atoms with Crippen molar-refractivity contribution in [1.29, 1.82) is 0 Å². The third-order valence-electron chi connectivity index (χ3n) is 2.77. The number of aromatic nitrogens is 3. The van der Waals surface area contributed by atoms with Crippen LogP contribution in [0.5, 0.6) is 0 Å². The van der Waals surface area contributed by atoms with Gasteiger partial charge in [0, 0.05) is 6.42 Å². The molecule has 0 spiro atoms. The lowest BCUT2D eigenvalue weighted by Gasteiger charge is -1.99. The highest BCUT2D eigenvalue weighted by Crippen LogP contribution is 2.05. The van der Waals surface area contributed by atoms with Crippen LogP contribution in [0.15, 0.2) is 63.0 Å². The second-order valence-corrected chi connectivity index (χ2v) is 4.18. The van der Waals surface area contributed by atoms with Crippen molar-refractivity contribution in [2.24, 2.45) is 5.10 Å². The fourth-order valence-electron chi connectivity index (χ4n) is 1.82. The van der Waals surface area contributed by atoms with Gasteiger partial charge in [0.15, 0.2) is 5.82 Å². The van der Waals surface area contributed by atoms with E-state index in [2.05, 4.69) is 15.3 Å². The molecule has 2 heterocycles. The van der Waals surface area contributed by atoms with Crippen LogP contribution >= 0.6 is 0 Å². The first-order valence-corrected chi connectivity index (χ1v) is 6.11. The Morgan fingerprint density at radius 2 is 2.10 bits per heavy atom. The molecule has 0 saturated heterocycles. The second kappa shape index (κ2) is 5.40. The minimum absolute atomic E-state index is 0.376. The highest BCUT2D eigenvalue weighted by Gasteiger charge is 2.07. The Balaban J connectivity index is 1.88. The second-order valence-electron chi connectivity index (χ2n) is 4.18. The monoisotopic (exact) mass is 268 g/mol. The number of benzene rings is 1. The van der Waals surface area contributed by atoms with Gasteiger partial charge in [0.1, 0.15) is 5.76 Å². The average Bonchev–Trinajstić information content (AvgIpc) is 3.09. The molecule has 2 aromatic heterocycles. The molecule has 100 valence electrons. The van der Waals surface area contributed by atoms with Crippen LogP contribution in [-0.2, 0) is 6.42 Å². The lowest BCUT2D eigenvalue weighted by atomic mass is 10.1. The van der Waals surface area contributed by atoms with Crippen LogP contribution in [-0.4, -0.2) is 21.1 Å². The number of rotatable bonds is 4. The van der Waals surface area contributed by atoms with Gasteiger partial charge < -0.3 is 4.42 Å². The maximum absolute atomic E-state index is 11.7. The zero-order valence-electron chi connectivity index (χ0n) is 10.6. The summed E-state index contributed by atoms with van der Waals surface area (Å²) in [5, 5.41) is 10.5. The Labute approximate surface area is 114 Å². The van der Waals surface area contributed by atoms with E-state index in [1.165, 1.54) is 10.9 Å². The molecule has 3 rings (SSSR count). The van der Waals surface area contributed by atoms with Gasteiger partial charge in [-0.3, -0.25) is 0 Å². The fraction of sp³-hybridized carbons (Fsp3) is 0.0714. The predicted molar refractivity (Wildman–Crippen MR) is 73.8 cm³/mol. The number of hydrogen-bond donors (Lipinski definition) is 1. The summed E-state index contributed by atoms with van der Waals surface area (Å²) in [4.78, 5) is 11.7. The van der Waals surface area contributed by atoms with Gasteiger partial charge in [-0.15, -0.1) is 0 Å². The summed E-state index contributed by atoms with van der Waals surface area (Å²) in [6.07, 6.45) is 3.55. The van der Waals surface area contributed by atoms with E-state index in [9.17, 15) is 4.79 Å². The highest BCUT2D eigenvalue weighted by molar-refractivity contribution is 5.75. The number of nitrogens with one attached hydrogen (secondary N) is 1. The molecule has 0 bridgehead atoms. The molecule has 20 heavy (non-hydrogen) atoms. The first-order chi connectivity index (χ1) is 9.83. The Hall–Kier alpha value is -2.89. The largest absolute Gasteiger partial charge is 0.463 e. The summed E-state index contributed by atoms with van der Waals surface area (Å²) in [5.74, 6) is 1.12. The van der Waals surface area contributed by atoms with Crippen LogP contribution in [0, 0.1) is 0 Å². The number of nitrogens with zero attached hydrogens (tertiary/aromatic N) is 3. The van der Waals surface area contributed by atoms with E-state index in [-0.39, 0.29) is 5.69 Å². The first kappa shape index (κ1) is 12.2. The molecule has 0 aliphatic heterocycles. The molecular formula is C14H12N4O2. The van der Waals surface area contributed by atoms with Gasteiger partial charge >= 0.3 is 5.69 Å². The van der Waals surface area contributed by atoms with E-state index in [0.29, 0.717) is 18.0 Å². The maximum atomic E-state index is 11.7. The van der Waals surface area contributed by atoms with Crippen molar-refractivity contribution >= 4 is 6.21 Å². The summed E-state index contributed by atoms with van der Waals surface area (Å²) in [5.41, 5.74) is 0.680. The third-order valence-corrected chi connectivity index (χ3v) is 2.77. The molecule has 0 radical (unpaired) electrons. The molecule has 1 aromatic carbocycles. The van der Waals surface area contributed by atoms with Crippen LogP contribution < -0.4 is 5.69 Å². The van der Waals surface area contributed by atoms with E-state index < -0.39 is 0 Å². The van der Waals surface area contributed by atoms with E-state index in [1.54, 1.807) is 18.4 Å². The van der Waals surface area contributed by atoms with Crippen LogP contribution in [0.1, 0.15) is 17.1 Å². The minimum Gasteiger partial charge on any atom is -0.463 e. The topological polar surface area (TPSA) is 76.2 Å². The van der Waals surface area contributed by atoms with Gasteiger partial charge in [0.2, 0.25) is 0 Å². The molecule has 0 atom stereocenters. The summed E-state index contributed by atoms with van der Waals surface area (Å²) >= 11 is 0. The van der Waals surface area contributed by atoms with E-state index in [4.69, 9.17) is 4.42 Å². The maximum Gasteiger partial charge on any atom is 0.364 e. The summed E-state index contributed by atoms with van der Waals surface area (Å²) in [6.45, 7) is 0. The van der Waals surface area contributed by atoms with Gasteiger partial charge in [0.25, 0.3) is 0 Å². The molecular weight excluding hydrogens is 256 g/mol. The number of H-pyrrole nitrogens is 1. The van der Waals surface area contributed by atoms with Crippen molar-refractivity contribution in [3.05, 3.63) is 76.4 Å². The van der Waals surface area contributed by atoms with E-state index in [0.717, 1.165) is 5.56 Å². The zero-order valence-corrected chi connectivity index (χ0v) is 10.6. The standard InChI is InChI=1S/C14H12N4O2/c19-14-17-16-13(9-11-5-2-1-3-6-11)18(14)15-10-12-7-4-8-20-12/h1-8,10H,9H2,(H,17,19)/b15-10+. The smallest absolute Gasteiger partial charge is 0.364 e. The van der Waals surface area contributed by atoms with Crippen molar-refractivity contribution < 1.29 is 4.42 Å². The van der Waals surface area contributed by atoms with Crippen LogP contribution in [0.2, 0.25) is 0 Å². The van der Waals surface area contributed by atoms with Gasteiger partial charge in [0.05, 0.1) is 12.5 Å². The highest BCUT2D eigenvalue weighted by atomic mass is 16.3. The normalized spacial score (nSPS) is 11.2. The SMILES string of the molecule is O=c1[nH]nc(Cc2ccccc2)n1/N=C/c1ccco1. The van der Waals surface area contributed by atoms with Crippen molar-refractivity contribution in [2.45, 2.75) is 6.42 Å². The summed E-state index contributed by atoms with van der Waals surface area (Å²) < 4.78 is 6.37. The molecule has 0 aliphatic carbocycles. The molecule has 6 heteroatoms.